The minimum atomic E-state index is -0.130. The van der Waals surface area contributed by atoms with Gasteiger partial charge in [-0.1, -0.05) is 12.8 Å². The predicted octanol–water partition coefficient (Wildman–Crippen LogP) is 2.71. The van der Waals surface area contributed by atoms with Crippen LogP contribution in [0, 0.1) is 31.1 Å². The highest BCUT2D eigenvalue weighted by molar-refractivity contribution is 5.55. The lowest BCUT2D eigenvalue weighted by Gasteiger charge is -2.27. The summed E-state index contributed by atoms with van der Waals surface area (Å²) in [4.78, 5) is 0. The standard InChI is InChI=1S/C16H24N4O/c1-11-12(2)19-20-16(14(11)10-17)18-9-5-7-13-6-3-4-8-15(13)21/h13,15,21H,3-9H2,1-2H3,(H,18,20)/t13-,15+/m1/s1. The monoisotopic (exact) mass is 288 g/mol. The van der Waals surface area contributed by atoms with Gasteiger partial charge in [-0.25, -0.2) is 0 Å². The zero-order valence-electron chi connectivity index (χ0n) is 12.9. The third-order valence-corrected chi connectivity index (χ3v) is 4.48. The summed E-state index contributed by atoms with van der Waals surface area (Å²) in [7, 11) is 0. The first-order valence-electron chi connectivity index (χ1n) is 7.79. The summed E-state index contributed by atoms with van der Waals surface area (Å²) in [6.45, 7) is 4.51. The highest BCUT2D eigenvalue weighted by Crippen LogP contribution is 2.28. The molecule has 2 atom stereocenters. The normalized spacial score (nSPS) is 21.8. The number of aromatic nitrogens is 2. The smallest absolute Gasteiger partial charge is 0.166 e. The number of aliphatic hydroxyl groups excluding tert-OH is 1. The SMILES string of the molecule is Cc1nnc(NCCC[C@H]2CCCC[C@@H]2O)c(C#N)c1C. The number of hydrogen-bond acceptors (Lipinski definition) is 5. The molecule has 1 aromatic rings. The van der Waals surface area contributed by atoms with Gasteiger partial charge in [-0.2, -0.15) is 10.4 Å². The first-order chi connectivity index (χ1) is 10.1. The Bertz CT molecular complexity index is 524. The van der Waals surface area contributed by atoms with Crippen LogP contribution in [0.1, 0.15) is 55.3 Å². The van der Waals surface area contributed by atoms with Crippen LogP contribution in [-0.4, -0.2) is 28.0 Å². The Kier molecular flexibility index (Phi) is 5.51. The molecular weight excluding hydrogens is 264 g/mol. The van der Waals surface area contributed by atoms with Crippen molar-refractivity contribution in [3.8, 4) is 6.07 Å². The lowest BCUT2D eigenvalue weighted by molar-refractivity contribution is 0.0648. The second-order valence-corrected chi connectivity index (χ2v) is 5.93. The average molecular weight is 288 g/mol. The van der Waals surface area contributed by atoms with Crippen molar-refractivity contribution in [1.29, 1.82) is 5.26 Å². The van der Waals surface area contributed by atoms with Crippen LogP contribution in [0.3, 0.4) is 0 Å². The second kappa shape index (κ2) is 7.37. The molecule has 1 aliphatic rings. The highest BCUT2D eigenvalue weighted by atomic mass is 16.3. The van der Waals surface area contributed by atoms with Crippen molar-refractivity contribution in [2.75, 3.05) is 11.9 Å². The third-order valence-electron chi connectivity index (χ3n) is 4.48. The van der Waals surface area contributed by atoms with E-state index >= 15 is 0 Å². The van der Waals surface area contributed by atoms with Gasteiger partial charge >= 0.3 is 0 Å². The van der Waals surface area contributed by atoms with Gasteiger partial charge < -0.3 is 10.4 Å². The van der Waals surface area contributed by atoms with Gasteiger partial charge in [0.05, 0.1) is 11.8 Å². The van der Waals surface area contributed by atoms with Crippen LogP contribution in [-0.2, 0) is 0 Å². The molecule has 21 heavy (non-hydrogen) atoms. The van der Waals surface area contributed by atoms with Crippen molar-refractivity contribution in [1.82, 2.24) is 10.2 Å². The van der Waals surface area contributed by atoms with Crippen LogP contribution < -0.4 is 5.32 Å². The molecule has 1 aliphatic carbocycles. The van der Waals surface area contributed by atoms with E-state index in [4.69, 9.17) is 0 Å². The minimum absolute atomic E-state index is 0.130. The molecule has 0 spiro atoms. The van der Waals surface area contributed by atoms with Crippen LogP contribution in [0.15, 0.2) is 0 Å². The molecule has 1 aromatic heterocycles. The van der Waals surface area contributed by atoms with Crippen molar-refractivity contribution < 1.29 is 5.11 Å². The number of rotatable bonds is 5. The number of aliphatic hydroxyl groups is 1. The maximum Gasteiger partial charge on any atom is 0.166 e. The summed E-state index contributed by atoms with van der Waals surface area (Å²) in [6.07, 6.45) is 6.33. The zero-order valence-corrected chi connectivity index (χ0v) is 12.9. The molecule has 2 rings (SSSR count). The summed E-state index contributed by atoms with van der Waals surface area (Å²) in [5.74, 6) is 1.01. The number of hydrogen-bond donors (Lipinski definition) is 2. The quantitative estimate of drug-likeness (QED) is 0.814. The summed E-state index contributed by atoms with van der Waals surface area (Å²) >= 11 is 0. The van der Waals surface area contributed by atoms with E-state index in [1.165, 1.54) is 6.42 Å². The summed E-state index contributed by atoms with van der Waals surface area (Å²) in [5.41, 5.74) is 2.26. The van der Waals surface area contributed by atoms with E-state index in [0.29, 0.717) is 17.3 Å². The summed E-state index contributed by atoms with van der Waals surface area (Å²) in [6, 6.07) is 2.20. The van der Waals surface area contributed by atoms with E-state index < -0.39 is 0 Å². The Balaban J connectivity index is 1.84. The van der Waals surface area contributed by atoms with Crippen LogP contribution in [0.2, 0.25) is 0 Å². The molecule has 0 unspecified atom stereocenters. The van der Waals surface area contributed by atoms with Crippen LogP contribution in [0.4, 0.5) is 5.82 Å². The second-order valence-electron chi connectivity index (χ2n) is 5.93. The van der Waals surface area contributed by atoms with E-state index in [1.54, 1.807) is 0 Å². The molecule has 1 saturated carbocycles. The summed E-state index contributed by atoms with van der Waals surface area (Å²) < 4.78 is 0. The Morgan fingerprint density at radius 3 is 2.76 bits per heavy atom. The van der Waals surface area contributed by atoms with Gasteiger partial charge in [-0.3, -0.25) is 0 Å². The predicted molar refractivity (Wildman–Crippen MR) is 81.9 cm³/mol. The first kappa shape index (κ1) is 15.7. The van der Waals surface area contributed by atoms with Gasteiger partial charge in [0.1, 0.15) is 11.6 Å². The molecule has 0 aliphatic heterocycles. The van der Waals surface area contributed by atoms with Crippen molar-refractivity contribution in [2.45, 2.75) is 58.5 Å². The van der Waals surface area contributed by atoms with Gasteiger partial charge in [-0.05, 0) is 51.0 Å². The fraction of sp³-hybridized carbons (Fsp3) is 0.688. The number of nitrogens with zero attached hydrogens (tertiary/aromatic N) is 3. The molecule has 2 N–H and O–H groups in total. The van der Waals surface area contributed by atoms with Crippen molar-refractivity contribution >= 4 is 5.82 Å². The topological polar surface area (TPSA) is 81.8 Å². The Morgan fingerprint density at radius 1 is 1.29 bits per heavy atom. The Morgan fingerprint density at radius 2 is 2.05 bits per heavy atom. The van der Waals surface area contributed by atoms with Gasteiger partial charge in [-0.15, -0.1) is 5.10 Å². The van der Waals surface area contributed by atoms with Crippen LogP contribution >= 0.6 is 0 Å². The van der Waals surface area contributed by atoms with Gasteiger partial charge in [0, 0.05) is 6.54 Å². The molecule has 1 heterocycles. The molecule has 0 bridgehead atoms. The van der Waals surface area contributed by atoms with Crippen molar-refractivity contribution in [2.24, 2.45) is 5.92 Å². The highest BCUT2D eigenvalue weighted by Gasteiger charge is 2.22. The van der Waals surface area contributed by atoms with Gasteiger partial charge in [0.2, 0.25) is 0 Å². The number of anilines is 1. The molecule has 0 aromatic carbocycles. The fourth-order valence-corrected chi connectivity index (χ4v) is 2.96. The number of nitrogens with one attached hydrogen (secondary N) is 1. The van der Waals surface area contributed by atoms with Gasteiger partial charge in [0.15, 0.2) is 5.82 Å². The van der Waals surface area contributed by atoms with Crippen LogP contribution in [0.5, 0.6) is 0 Å². The maximum atomic E-state index is 9.95. The largest absolute Gasteiger partial charge is 0.393 e. The van der Waals surface area contributed by atoms with Gasteiger partial charge in [0.25, 0.3) is 0 Å². The van der Waals surface area contributed by atoms with E-state index in [1.807, 2.05) is 13.8 Å². The molecule has 0 radical (unpaired) electrons. The third kappa shape index (κ3) is 3.92. The lowest BCUT2D eigenvalue weighted by Crippen LogP contribution is -2.24. The molecule has 0 saturated heterocycles. The maximum absolute atomic E-state index is 9.95. The van der Waals surface area contributed by atoms with Crippen molar-refractivity contribution in [3.05, 3.63) is 16.8 Å². The zero-order chi connectivity index (χ0) is 15.2. The van der Waals surface area contributed by atoms with Crippen LogP contribution in [0.25, 0.3) is 0 Å². The first-order valence-corrected chi connectivity index (χ1v) is 7.79. The minimum Gasteiger partial charge on any atom is -0.393 e. The molecule has 5 nitrogen and oxygen atoms in total. The molecule has 1 fully saturated rings. The molecule has 114 valence electrons. The van der Waals surface area contributed by atoms with E-state index in [2.05, 4.69) is 21.6 Å². The molecular formula is C16H24N4O. The fourth-order valence-electron chi connectivity index (χ4n) is 2.96. The number of aryl methyl sites for hydroxylation is 1. The van der Waals surface area contributed by atoms with E-state index in [-0.39, 0.29) is 6.10 Å². The van der Waals surface area contributed by atoms with E-state index in [0.717, 1.165) is 49.9 Å². The molecule has 0 amide bonds. The Labute approximate surface area is 126 Å². The lowest BCUT2D eigenvalue weighted by atomic mass is 9.83. The summed E-state index contributed by atoms with van der Waals surface area (Å²) in [5, 5.41) is 30.5. The molecule has 5 heteroatoms. The Hall–Kier alpha value is -1.67. The average Bonchev–Trinajstić information content (AvgIpc) is 2.49. The van der Waals surface area contributed by atoms with E-state index in [9.17, 15) is 10.4 Å². The number of nitriles is 1. The van der Waals surface area contributed by atoms with Crippen molar-refractivity contribution in [3.63, 3.8) is 0 Å².